The molecule has 3 aromatic rings. The molecular weight excluding hydrogens is 226 g/mol. The molecule has 0 aliphatic heterocycles. The van der Waals surface area contributed by atoms with E-state index in [1.807, 2.05) is 35.8 Å². The number of hydrogen-bond acceptors (Lipinski definition) is 4. The SMILES string of the molecule is Cc1cnc(Cn2c(N)nc3ccccc32)cn1. The molecule has 3 rings (SSSR count). The Morgan fingerprint density at radius 3 is 2.78 bits per heavy atom. The summed E-state index contributed by atoms with van der Waals surface area (Å²) in [5.74, 6) is 0.499. The van der Waals surface area contributed by atoms with E-state index in [9.17, 15) is 0 Å². The number of hydrogen-bond donors (Lipinski definition) is 1. The van der Waals surface area contributed by atoms with Gasteiger partial charge in [-0.25, -0.2) is 4.98 Å². The molecule has 5 nitrogen and oxygen atoms in total. The summed E-state index contributed by atoms with van der Waals surface area (Å²) in [7, 11) is 0. The third-order valence-electron chi connectivity index (χ3n) is 2.84. The Balaban J connectivity index is 2.04. The monoisotopic (exact) mass is 239 g/mol. The second-order valence-electron chi connectivity index (χ2n) is 4.19. The molecule has 0 aliphatic rings. The first-order chi connectivity index (χ1) is 8.74. The molecule has 0 fully saturated rings. The molecule has 2 N–H and O–H groups in total. The third-order valence-corrected chi connectivity index (χ3v) is 2.84. The van der Waals surface area contributed by atoms with Gasteiger partial charge >= 0.3 is 0 Å². The molecule has 5 heteroatoms. The van der Waals surface area contributed by atoms with Crippen molar-refractivity contribution in [3.8, 4) is 0 Å². The van der Waals surface area contributed by atoms with Gasteiger partial charge in [-0.15, -0.1) is 0 Å². The zero-order valence-corrected chi connectivity index (χ0v) is 10.0. The van der Waals surface area contributed by atoms with E-state index in [-0.39, 0.29) is 0 Å². The maximum atomic E-state index is 5.93. The van der Waals surface area contributed by atoms with Gasteiger partial charge in [-0.3, -0.25) is 9.97 Å². The maximum Gasteiger partial charge on any atom is 0.201 e. The van der Waals surface area contributed by atoms with E-state index in [0.29, 0.717) is 12.5 Å². The van der Waals surface area contributed by atoms with Gasteiger partial charge < -0.3 is 10.3 Å². The number of benzene rings is 1. The van der Waals surface area contributed by atoms with Gasteiger partial charge in [-0.1, -0.05) is 12.1 Å². The van der Waals surface area contributed by atoms with E-state index in [1.165, 1.54) is 0 Å². The van der Waals surface area contributed by atoms with Crippen molar-refractivity contribution >= 4 is 17.0 Å². The molecule has 0 saturated heterocycles. The Kier molecular flexibility index (Phi) is 2.44. The summed E-state index contributed by atoms with van der Waals surface area (Å²) in [6, 6.07) is 7.87. The van der Waals surface area contributed by atoms with Crippen molar-refractivity contribution in [2.24, 2.45) is 0 Å². The van der Waals surface area contributed by atoms with Crippen molar-refractivity contribution in [2.45, 2.75) is 13.5 Å². The Morgan fingerprint density at radius 2 is 2.00 bits per heavy atom. The molecule has 1 aromatic carbocycles. The fraction of sp³-hybridized carbons (Fsp3) is 0.154. The van der Waals surface area contributed by atoms with Gasteiger partial charge in [-0.05, 0) is 19.1 Å². The molecule has 0 unspecified atom stereocenters. The van der Waals surface area contributed by atoms with Crippen molar-refractivity contribution in [2.75, 3.05) is 5.73 Å². The van der Waals surface area contributed by atoms with Crippen LogP contribution in [0.15, 0.2) is 36.7 Å². The lowest BCUT2D eigenvalue weighted by molar-refractivity contribution is 0.798. The fourth-order valence-corrected chi connectivity index (χ4v) is 1.92. The van der Waals surface area contributed by atoms with Crippen LogP contribution in [0.4, 0.5) is 5.95 Å². The molecule has 0 atom stereocenters. The number of nitrogens with zero attached hydrogens (tertiary/aromatic N) is 4. The van der Waals surface area contributed by atoms with Gasteiger partial charge in [0.25, 0.3) is 0 Å². The number of anilines is 1. The van der Waals surface area contributed by atoms with Crippen molar-refractivity contribution in [1.29, 1.82) is 0 Å². The summed E-state index contributed by atoms with van der Waals surface area (Å²) in [4.78, 5) is 12.9. The van der Waals surface area contributed by atoms with Gasteiger partial charge in [-0.2, -0.15) is 0 Å². The Hall–Kier alpha value is -2.43. The van der Waals surface area contributed by atoms with Crippen molar-refractivity contribution in [1.82, 2.24) is 19.5 Å². The minimum absolute atomic E-state index is 0.499. The highest BCUT2D eigenvalue weighted by atomic mass is 15.2. The van der Waals surface area contributed by atoms with Crippen LogP contribution in [0, 0.1) is 6.92 Å². The molecule has 2 aromatic heterocycles. The number of fused-ring (bicyclic) bond motifs is 1. The van der Waals surface area contributed by atoms with E-state index >= 15 is 0 Å². The standard InChI is InChI=1S/C13H13N5/c1-9-6-16-10(7-15-9)8-18-12-5-3-2-4-11(12)17-13(18)14/h2-7H,8H2,1H3,(H2,14,17). The summed E-state index contributed by atoms with van der Waals surface area (Å²) in [5, 5.41) is 0. The van der Waals surface area contributed by atoms with Gasteiger partial charge in [0, 0.05) is 6.20 Å². The number of aromatic nitrogens is 4. The number of rotatable bonds is 2. The predicted molar refractivity (Wildman–Crippen MR) is 70.0 cm³/mol. The van der Waals surface area contributed by atoms with Crippen LogP contribution in [0.2, 0.25) is 0 Å². The van der Waals surface area contributed by atoms with Crippen molar-refractivity contribution < 1.29 is 0 Å². The van der Waals surface area contributed by atoms with Crippen LogP contribution in [0.3, 0.4) is 0 Å². The third kappa shape index (κ3) is 1.79. The van der Waals surface area contributed by atoms with Gasteiger partial charge in [0.1, 0.15) is 0 Å². The molecule has 0 radical (unpaired) electrons. The summed E-state index contributed by atoms with van der Waals surface area (Å²) >= 11 is 0. The zero-order valence-electron chi connectivity index (χ0n) is 10.0. The lowest BCUT2D eigenvalue weighted by Crippen LogP contribution is -2.06. The lowest BCUT2D eigenvalue weighted by Gasteiger charge is -2.05. The summed E-state index contributed by atoms with van der Waals surface area (Å²) in [6.45, 7) is 2.50. The smallest absolute Gasteiger partial charge is 0.201 e. The largest absolute Gasteiger partial charge is 0.369 e. The van der Waals surface area contributed by atoms with Gasteiger partial charge in [0.05, 0.1) is 35.2 Å². The minimum atomic E-state index is 0.499. The molecule has 0 aliphatic carbocycles. The van der Waals surface area contributed by atoms with Crippen LogP contribution in [-0.2, 0) is 6.54 Å². The Labute approximate surface area is 104 Å². The predicted octanol–water partition coefficient (Wildman–Crippen LogP) is 1.77. The van der Waals surface area contributed by atoms with E-state index in [0.717, 1.165) is 22.4 Å². The average Bonchev–Trinajstić information content (AvgIpc) is 2.69. The number of nitrogen functional groups attached to an aromatic ring is 1. The fourth-order valence-electron chi connectivity index (χ4n) is 1.92. The normalized spacial score (nSPS) is 10.9. The Bertz CT molecular complexity index is 684. The quantitative estimate of drug-likeness (QED) is 0.739. The highest BCUT2D eigenvalue weighted by Gasteiger charge is 2.08. The Morgan fingerprint density at radius 1 is 1.17 bits per heavy atom. The number of para-hydroxylation sites is 2. The summed E-state index contributed by atoms with van der Waals surface area (Å²) in [5.41, 5.74) is 9.62. The molecular formula is C13H13N5. The first-order valence-electron chi connectivity index (χ1n) is 5.72. The van der Waals surface area contributed by atoms with Crippen LogP contribution < -0.4 is 5.73 Å². The second kappa shape index (κ2) is 4.10. The second-order valence-corrected chi connectivity index (χ2v) is 4.19. The van der Waals surface area contributed by atoms with Crippen molar-refractivity contribution in [3.05, 3.63) is 48.0 Å². The molecule has 0 saturated carbocycles. The van der Waals surface area contributed by atoms with Crippen LogP contribution in [0.1, 0.15) is 11.4 Å². The van der Waals surface area contributed by atoms with E-state index in [2.05, 4.69) is 15.0 Å². The van der Waals surface area contributed by atoms with E-state index < -0.39 is 0 Å². The van der Waals surface area contributed by atoms with E-state index in [1.54, 1.807) is 12.4 Å². The van der Waals surface area contributed by atoms with Crippen LogP contribution in [0.5, 0.6) is 0 Å². The number of nitrogens with two attached hydrogens (primary N) is 1. The lowest BCUT2D eigenvalue weighted by atomic mass is 10.3. The van der Waals surface area contributed by atoms with Crippen molar-refractivity contribution in [3.63, 3.8) is 0 Å². The molecule has 90 valence electrons. The zero-order chi connectivity index (χ0) is 12.5. The molecule has 18 heavy (non-hydrogen) atoms. The topological polar surface area (TPSA) is 69.6 Å². The van der Waals surface area contributed by atoms with Gasteiger partial charge in [0.15, 0.2) is 0 Å². The first kappa shape index (κ1) is 10.7. The summed E-state index contributed by atoms with van der Waals surface area (Å²) in [6.07, 6.45) is 3.52. The maximum absolute atomic E-state index is 5.93. The minimum Gasteiger partial charge on any atom is -0.369 e. The van der Waals surface area contributed by atoms with Crippen LogP contribution in [0.25, 0.3) is 11.0 Å². The average molecular weight is 239 g/mol. The first-order valence-corrected chi connectivity index (χ1v) is 5.72. The molecule has 2 heterocycles. The highest BCUT2D eigenvalue weighted by Crippen LogP contribution is 2.18. The molecule has 0 spiro atoms. The van der Waals surface area contributed by atoms with Crippen LogP contribution in [-0.4, -0.2) is 19.5 Å². The number of aryl methyl sites for hydroxylation is 1. The molecule has 0 bridgehead atoms. The van der Waals surface area contributed by atoms with Gasteiger partial charge in [0.2, 0.25) is 5.95 Å². The number of imidazole rings is 1. The van der Waals surface area contributed by atoms with E-state index in [4.69, 9.17) is 5.73 Å². The summed E-state index contributed by atoms with van der Waals surface area (Å²) < 4.78 is 1.94. The highest BCUT2D eigenvalue weighted by molar-refractivity contribution is 5.78. The molecule has 0 amide bonds. The van der Waals surface area contributed by atoms with Crippen LogP contribution >= 0.6 is 0 Å².